The second-order valence-electron chi connectivity index (χ2n) is 5.70. The maximum absolute atomic E-state index is 13.0. The summed E-state index contributed by atoms with van der Waals surface area (Å²) >= 11 is 0. The lowest BCUT2D eigenvalue weighted by Crippen LogP contribution is -2.42. The summed E-state index contributed by atoms with van der Waals surface area (Å²) in [5, 5.41) is 6.95. The van der Waals surface area contributed by atoms with Crippen LogP contribution >= 0.6 is 0 Å². The predicted octanol–water partition coefficient (Wildman–Crippen LogP) is 0.463. The molecule has 1 aliphatic heterocycles. The molecule has 0 aromatic carbocycles. The van der Waals surface area contributed by atoms with Gasteiger partial charge in [-0.2, -0.15) is 9.40 Å². The van der Waals surface area contributed by atoms with Gasteiger partial charge in [0.1, 0.15) is 4.90 Å². The van der Waals surface area contributed by atoms with Crippen LogP contribution in [0.4, 0.5) is 4.79 Å². The van der Waals surface area contributed by atoms with Crippen LogP contribution in [-0.2, 0) is 17.1 Å². The van der Waals surface area contributed by atoms with Crippen LogP contribution in [0.3, 0.4) is 0 Å². The SMILES string of the molecule is CCNC(=O)N1CCCN(S(=O)(=O)c2c(C)nn(C)c2C)CC1. The van der Waals surface area contributed by atoms with Crippen LogP contribution in [0.25, 0.3) is 0 Å². The molecule has 1 aromatic heterocycles. The number of rotatable bonds is 3. The Bertz CT molecular complexity index is 683. The molecule has 23 heavy (non-hydrogen) atoms. The van der Waals surface area contributed by atoms with Crippen molar-refractivity contribution < 1.29 is 13.2 Å². The first kappa shape index (κ1) is 17.7. The second-order valence-corrected chi connectivity index (χ2v) is 7.58. The molecule has 1 fully saturated rings. The summed E-state index contributed by atoms with van der Waals surface area (Å²) in [5.41, 5.74) is 1.14. The molecule has 2 heterocycles. The van der Waals surface area contributed by atoms with Crippen LogP contribution < -0.4 is 5.32 Å². The van der Waals surface area contributed by atoms with Crippen LogP contribution in [0.1, 0.15) is 24.7 Å². The van der Waals surface area contributed by atoms with Gasteiger partial charge in [0.15, 0.2) is 0 Å². The lowest BCUT2D eigenvalue weighted by molar-refractivity contribution is 0.201. The fourth-order valence-corrected chi connectivity index (χ4v) is 4.73. The second kappa shape index (κ2) is 6.88. The topological polar surface area (TPSA) is 87.5 Å². The van der Waals surface area contributed by atoms with E-state index in [1.165, 1.54) is 4.31 Å². The molecule has 1 N–H and O–H groups in total. The number of urea groups is 1. The zero-order valence-electron chi connectivity index (χ0n) is 14.2. The van der Waals surface area contributed by atoms with Crippen molar-refractivity contribution in [2.24, 2.45) is 7.05 Å². The summed E-state index contributed by atoms with van der Waals surface area (Å²) in [7, 11) is -1.86. The minimum absolute atomic E-state index is 0.138. The van der Waals surface area contributed by atoms with E-state index in [2.05, 4.69) is 10.4 Å². The fraction of sp³-hybridized carbons (Fsp3) is 0.714. The van der Waals surface area contributed by atoms with Crippen LogP contribution in [0, 0.1) is 13.8 Å². The van der Waals surface area contributed by atoms with Crippen molar-refractivity contribution >= 4 is 16.1 Å². The third-order valence-corrected chi connectivity index (χ3v) is 6.26. The molecule has 1 aromatic rings. The van der Waals surface area contributed by atoms with E-state index in [9.17, 15) is 13.2 Å². The Kier molecular flexibility index (Phi) is 5.30. The van der Waals surface area contributed by atoms with Gasteiger partial charge in [-0.05, 0) is 27.2 Å². The van der Waals surface area contributed by atoms with Crippen molar-refractivity contribution in [3.63, 3.8) is 0 Å². The maximum atomic E-state index is 13.0. The molecule has 0 radical (unpaired) electrons. The predicted molar refractivity (Wildman–Crippen MR) is 86.7 cm³/mol. The van der Waals surface area contributed by atoms with E-state index in [1.54, 1.807) is 30.5 Å². The summed E-state index contributed by atoms with van der Waals surface area (Å²) < 4.78 is 28.9. The summed E-state index contributed by atoms with van der Waals surface area (Å²) in [6.07, 6.45) is 0.620. The van der Waals surface area contributed by atoms with Gasteiger partial charge in [0.05, 0.1) is 11.4 Å². The van der Waals surface area contributed by atoms with Crippen molar-refractivity contribution in [2.75, 3.05) is 32.7 Å². The Hall–Kier alpha value is -1.61. The van der Waals surface area contributed by atoms with Gasteiger partial charge in [-0.3, -0.25) is 4.68 Å². The molecule has 130 valence electrons. The normalized spacial score (nSPS) is 17.1. The number of hydrogen-bond donors (Lipinski definition) is 1. The Morgan fingerprint density at radius 2 is 1.91 bits per heavy atom. The molecular weight excluding hydrogens is 318 g/mol. The van der Waals surface area contributed by atoms with E-state index in [1.807, 2.05) is 6.92 Å². The quantitative estimate of drug-likeness (QED) is 0.864. The number of nitrogens with zero attached hydrogens (tertiary/aromatic N) is 4. The lowest BCUT2D eigenvalue weighted by Gasteiger charge is -2.22. The van der Waals surface area contributed by atoms with Gasteiger partial charge in [0.25, 0.3) is 0 Å². The molecule has 8 nitrogen and oxygen atoms in total. The zero-order valence-corrected chi connectivity index (χ0v) is 15.0. The average molecular weight is 343 g/mol. The molecule has 2 rings (SSSR count). The molecule has 1 saturated heterocycles. The summed E-state index contributed by atoms with van der Waals surface area (Å²) in [6.45, 7) is 7.54. The fourth-order valence-electron chi connectivity index (χ4n) is 2.86. The highest BCUT2D eigenvalue weighted by Gasteiger charge is 2.32. The summed E-state index contributed by atoms with van der Waals surface area (Å²) in [5.74, 6) is 0. The van der Waals surface area contributed by atoms with E-state index < -0.39 is 10.0 Å². The number of aryl methyl sites for hydroxylation is 2. The smallest absolute Gasteiger partial charge is 0.317 e. The van der Waals surface area contributed by atoms with Crippen molar-refractivity contribution in [3.8, 4) is 0 Å². The molecule has 0 saturated carbocycles. The molecule has 0 spiro atoms. The first-order valence-corrected chi connectivity index (χ1v) is 9.26. The Balaban J connectivity index is 2.20. The highest BCUT2D eigenvalue weighted by Crippen LogP contribution is 2.24. The van der Waals surface area contributed by atoms with Crippen molar-refractivity contribution in [1.29, 1.82) is 0 Å². The number of aromatic nitrogens is 2. The molecular formula is C14H25N5O3S. The first-order chi connectivity index (χ1) is 10.8. The number of sulfonamides is 1. The summed E-state index contributed by atoms with van der Waals surface area (Å²) in [4.78, 5) is 13.9. The van der Waals surface area contributed by atoms with E-state index in [0.29, 0.717) is 50.5 Å². The average Bonchev–Trinajstić information content (AvgIpc) is 2.68. The van der Waals surface area contributed by atoms with Crippen molar-refractivity contribution in [2.45, 2.75) is 32.1 Å². The van der Waals surface area contributed by atoms with Gasteiger partial charge in [-0.1, -0.05) is 0 Å². The maximum Gasteiger partial charge on any atom is 0.317 e. The van der Waals surface area contributed by atoms with Gasteiger partial charge in [0.2, 0.25) is 10.0 Å². The number of carbonyl (C=O) groups is 1. The van der Waals surface area contributed by atoms with Crippen LogP contribution in [0.5, 0.6) is 0 Å². The van der Waals surface area contributed by atoms with Crippen molar-refractivity contribution in [1.82, 2.24) is 24.3 Å². The molecule has 0 atom stereocenters. The third kappa shape index (κ3) is 3.50. The number of nitrogens with one attached hydrogen (secondary N) is 1. The van der Waals surface area contributed by atoms with Crippen molar-refractivity contribution in [3.05, 3.63) is 11.4 Å². The van der Waals surface area contributed by atoms with E-state index in [-0.39, 0.29) is 10.9 Å². The van der Waals surface area contributed by atoms with Gasteiger partial charge >= 0.3 is 6.03 Å². The minimum atomic E-state index is -3.60. The molecule has 9 heteroatoms. The highest BCUT2D eigenvalue weighted by molar-refractivity contribution is 7.89. The Morgan fingerprint density at radius 1 is 1.22 bits per heavy atom. The number of hydrogen-bond acceptors (Lipinski definition) is 4. The Morgan fingerprint density at radius 3 is 2.48 bits per heavy atom. The number of amides is 2. The zero-order chi connectivity index (χ0) is 17.2. The Labute approximate surface area is 137 Å². The summed E-state index contributed by atoms with van der Waals surface area (Å²) in [6, 6.07) is -0.138. The molecule has 0 unspecified atom stereocenters. The minimum Gasteiger partial charge on any atom is -0.338 e. The van der Waals surface area contributed by atoms with Crippen LogP contribution in [0.15, 0.2) is 4.90 Å². The largest absolute Gasteiger partial charge is 0.338 e. The van der Waals surface area contributed by atoms with E-state index in [0.717, 1.165) is 0 Å². The van der Waals surface area contributed by atoms with Gasteiger partial charge in [0, 0.05) is 39.8 Å². The lowest BCUT2D eigenvalue weighted by atomic mass is 10.4. The standard InChI is InChI=1S/C14H25N5O3S/c1-5-15-14(20)18-7-6-8-19(10-9-18)23(21,22)13-11(2)16-17(4)12(13)3/h5-10H2,1-4H3,(H,15,20). The third-order valence-electron chi connectivity index (χ3n) is 4.11. The van der Waals surface area contributed by atoms with Gasteiger partial charge < -0.3 is 10.2 Å². The van der Waals surface area contributed by atoms with E-state index in [4.69, 9.17) is 0 Å². The molecule has 0 bridgehead atoms. The molecule has 0 aliphatic carbocycles. The van der Waals surface area contributed by atoms with Crippen LogP contribution in [-0.4, -0.2) is 66.2 Å². The highest BCUT2D eigenvalue weighted by atomic mass is 32.2. The molecule has 2 amide bonds. The van der Waals surface area contributed by atoms with Gasteiger partial charge in [-0.15, -0.1) is 0 Å². The monoisotopic (exact) mass is 343 g/mol. The first-order valence-electron chi connectivity index (χ1n) is 7.82. The van der Waals surface area contributed by atoms with Crippen LogP contribution in [0.2, 0.25) is 0 Å². The number of carbonyl (C=O) groups excluding carboxylic acids is 1. The molecule has 1 aliphatic rings. The van der Waals surface area contributed by atoms with Gasteiger partial charge in [-0.25, -0.2) is 13.2 Å². The van der Waals surface area contributed by atoms with E-state index >= 15 is 0 Å².